The molecule has 0 aliphatic heterocycles. The fraction of sp³-hybridized carbons (Fsp3) is 0.875. The van der Waals surface area contributed by atoms with Crippen molar-refractivity contribution in [1.82, 2.24) is 0 Å². The highest BCUT2D eigenvalue weighted by Gasteiger charge is 2.31. The molecule has 66 valence electrons. The normalized spacial score (nSPS) is 17.5. The first-order valence-corrected chi connectivity index (χ1v) is 3.67. The summed E-state index contributed by atoms with van der Waals surface area (Å²) in [5.74, 6) is -1.65. The number of hydrogen-bond donors (Lipinski definition) is 2. The zero-order valence-corrected chi connectivity index (χ0v) is 7.46. The minimum Gasteiger partial charge on any atom is -0.481 e. The number of hydrogen-bond acceptors (Lipinski definition) is 2. The summed E-state index contributed by atoms with van der Waals surface area (Å²) in [6.45, 7) is 6.96. The predicted octanol–water partition coefficient (Wildman–Crippen LogP) is 1.11. The van der Waals surface area contributed by atoms with E-state index >= 15 is 0 Å². The molecule has 0 unspecified atom stereocenters. The lowest BCUT2D eigenvalue weighted by molar-refractivity contribution is -0.147. The van der Waals surface area contributed by atoms with E-state index < -0.39 is 18.0 Å². The van der Waals surface area contributed by atoms with Crippen LogP contribution in [0.5, 0.6) is 0 Å². The maximum Gasteiger partial charge on any atom is 0.308 e. The van der Waals surface area contributed by atoms with Crippen LogP contribution in [0.3, 0.4) is 0 Å². The Bertz CT molecular complexity index is 146. The first-order chi connectivity index (χ1) is 4.76. The van der Waals surface area contributed by atoms with Gasteiger partial charge < -0.3 is 10.2 Å². The van der Waals surface area contributed by atoms with Gasteiger partial charge in [-0.2, -0.15) is 0 Å². The van der Waals surface area contributed by atoms with Crippen LogP contribution < -0.4 is 0 Å². The van der Waals surface area contributed by atoms with Crippen LogP contribution in [0.1, 0.15) is 27.7 Å². The largest absolute Gasteiger partial charge is 0.481 e. The molecule has 0 saturated carbocycles. The number of aliphatic hydroxyl groups is 1. The Morgan fingerprint density at radius 1 is 1.36 bits per heavy atom. The lowest BCUT2D eigenvalue weighted by Gasteiger charge is -2.28. The van der Waals surface area contributed by atoms with Crippen molar-refractivity contribution in [1.29, 1.82) is 0 Å². The number of carbonyl (C=O) groups is 1. The molecule has 3 heteroatoms. The molecule has 0 spiro atoms. The van der Waals surface area contributed by atoms with Crippen LogP contribution >= 0.6 is 0 Å². The van der Waals surface area contributed by atoms with Crippen LogP contribution in [0.15, 0.2) is 0 Å². The molecule has 0 aliphatic rings. The third kappa shape index (κ3) is 2.89. The van der Waals surface area contributed by atoms with E-state index in [1.807, 2.05) is 20.8 Å². The quantitative estimate of drug-likeness (QED) is 0.636. The Balaban J connectivity index is 4.25. The molecule has 0 rings (SSSR count). The predicted molar refractivity (Wildman–Crippen MR) is 42.3 cm³/mol. The van der Waals surface area contributed by atoms with Crippen LogP contribution in [-0.2, 0) is 4.79 Å². The maximum absolute atomic E-state index is 10.4. The highest BCUT2D eigenvalue weighted by molar-refractivity contribution is 5.70. The van der Waals surface area contributed by atoms with E-state index in [9.17, 15) is 9.90 Å². The smallest absolute Gasteiger partial charge is 0.308 e. The zero-order chi connectivity index (χ0) is 9.23. The molecule has 0 fully saturated rings. The minimum absolute atomic E-state index is 0.363. The Labute approximate surface area is 67.0 Å². The molecular formula is C8H16O3. The maximum atomic E-state index is 10.4. The average molecular weight is 160 g/mol. The van der Waals surface area contributed by atoms with Crippen molar-refractivity contribution in [3.63, 3.8) is 0 Å². The summed E-state index contributed by atoms with van der Waals surface area (Å²) < 4.78 is 0. The van der Waals surface area contributed by atoms with Gasteiger partial charge in [-0.15, -0.1) is 0 Å². The molecule has 0 aromatic rings. The number of aliphatic hydroxyl groups excluding tert-OH is 1. The van der Waals surface area contributed by atoms with Crippen molar-refractivity contribution < 1.29 is 15.0 Å². The van der Waals surface area contributed by atoms with Gasteiger partial charge in [0.25, 0.3) is 0 Å². The lowest BCUT2D eigenvalue weighted by Crippen LogP contribution is -2.36. The monoisotopic (exact) mass is 160 g/mol. The summed E-state index contributed by atoms with van der Waals surface area (Å²) >= 11 is 0. The van der Waals surface area contributed by atoms with Gasteiger partial charge in [-0.25, -0.2) is 0 Å². The third-order valence-electron chi connectivity index (χ3n) is 1.75. The van der Waals surface area contributed by atoms with Crippen LogP contribution in [0.25, 0.3) is 0 Å². The van der Waals surface area contributed by atoms with E-state index in [0.29, 0.717) is 0 Å². The molecule has 0 bridgehead atoms. The summed E-state index contributed by atoms with van der Waals surface area (Å²) in [7, 11) is 0. The molecule has 2 N–H and O–H groups in total. The SMILES string of the molecule is C[C@@H](C(=O)O)[C@H](O)C(C)(C)C. The molecule has 0 heterocycles. The van der Waals surface area contributed by atoms with E-state index in [1.54, 1.807) is 0 Å². The molecule has 0 aromatic carbocycles. The van der Waals surface area contributed by atoms with Gasteiger partial charge in [0.2, 0.25) is 0 Å². The van der Waals surface area contributed by atoms with Crippen LogP contribution in [0.4, 0.5) is 0 Å². The van der Waals surface area contributed by atoms with E-state index in [1.165, 1.54) is 6.92 Å². The van der Waals surface area contributed by atoms with E-state index in [2.05, 4.69) is 0 Å². The zero-order valence-electron chi connectivity index (χ0n) is 7.46. The van der Waals surface area contributed by atoms with Crippen LogP contribution in [0, 0.1) is 11.3 Å². The number of rotatable bonds is 2. The molecule has 3 nitrogen and oxygen atoms in total. The molecule has 0 saturated heterocycles. The van der Waals surface area contributed by atoms with E-state index in [-0.39, 0.29) is 5.41 Å². The molecular weight excluding hydrogens is 144 g/mol. The first-order valence-electron chi connectivity index (χ1n) is 3.67. The van der Waals surface area contributed by atoms with Gasteiger partial charge in [-0.1, -0.05) is 20.8 Å². The molecule has 0 aliphatic carbocycles. The van der Waals surface area contributed by atoms with Crippen LogP contribution in [0.2, 0.25) is 0 Å². The average Bonchev–Trinajstić information content (AvgIpc) is 1.82. The van der Waals surface area contributed by atoms with Crippen molar-refractivity contribution in [2.24, 2.45) is 11.3 Å². The van der Waals surface area contributed by atoms with Gasteiger partial charge in [-0.05, 0) is 12.3 Å². The van der Waals surface area contributed by atoms with Gasteiger partial charge in [-0.3, -0.25) is 4.79 Å². The lowest BCUT2D eigenvalue weighted by atomic mass is 9.82. The Morgan fingerprint density at radius 2 is 1.73 bits per heavy atom. The van der Waals surface area contributed by atoms with Gasteiger partial charge in [0.05, 0.1) is 12.0 Å². The number of carboxylic acids is 1. The summed E-state index contributed by atoms with van der Waals surface area (Å²) in [5.41, 5.74) is -0.363. The Morgan fingerprint density at radius 3 is 1.82 bits per heavy atom. The summed E-state index contributed by atoms with van der Waals surface area (Å²) in [6.07, 6.45) is -0.792. The van der Waals surface area contributed by atoms with Gasteiger partial charge in [0.1, 0.15) is 0 Å². The van der Waals surface area contributed by atoms with Crippen molar-refractivity contribution in [3.05, 3.63) is 0 Å². The summed E-state index contributed by atoms with van der Waals surface area (Å²) in [6, 6.07) is 0. The fourth-order valence-electron chi connectivity index (χ4n) is 0.885. The topological polar surface area (TPSA) is 57.5 Å². The summed E-state index contributed by atoms with van der Waals surface area (Å²) in [5, 5.41) is 18.0. The molecule has 0 aromatic heterocycles. The Hall–Kier alpha value is -0.570. The van der Waals surface area contributed by atoms with Gasteiger partial charge >= 0.3 is 5.97 Å². The minimum atomic E-state index is -0.951. The van der Waals surface area contributed by atoms with Crippen molar-refractivity contribution in [2.75, 3.05) is 0 Å². The van der Waals surface area contributed by atoms with Gasteiger partial charge in [0, 0.05) is 0 Å². The van der Waals surface area contributed by atoms with E-state index in [0.717, 1.165) is 0 Å². The van der Waals surface area contributed by atoms with Crippen molar-refractivity contribution >= 4 is 5.97 Å². The third-order valence-corrected chi connectivity index (χ3v) is 1.75. The highest BCUT2D eigenvalue weighted by Crippen LogP contribution is 2.24. The molecule has 11 heavy (non-hydrogen) atoms. The standard InChI is InChI=1S/C8H16O3/c1-5(7(10)11)6(9)8(2,3)4/h5-6,9H,1-4H3,(H,10,11)/t5-,6+/m1/s1. The summed E-state index contributed by atoms with van der Waals surface area (Å²) in [4.78, 5) is 10.4. The second-order valence-electron chi connectivity index (χ2n) is 3.94. The number of carboxylic acid groups (broad SMARTS) is 1. The first kappa shape index (κ1) is 10.4. The second-order valence-corrected chi connectivity index (χ2v) is 3.94. The van der Waals surface area contributed by atoms with Crippen molar-refractivity contribution in [3.8, 4) is 0 Å². The molecule has 0 amide bonds. The van der Waals surface area contributed by atoms with Crippen LogP contribution in [-0.4, -0.2) is 22.3 Å². The van der Waals surface area contributed by atoms with E-state index in [4.69, 9.17) is 5.11 Å². The van der Waals surface area contributed by atoms with Gasteiger partial charge in [0.15, 0.2) is 0 Å². The van der Waals surface area contributed by atoms with Crippen molar-refractivity contribution in [2.45, 2.75) is 33.8 Å². The Kier molecular flexibility index (Phi) is 3.05. The number of aliphatic carboxylic acids is 1. The molecule has 2 atom stereocenters. The second kappa shape index (κ2) is 3.22. The highest BCUT2D eigenvalue weighted by atomic mass is 16.4. The molecule has 0 radical (unpaired) electrons. The fourth-order valence-corrected chi connectivity index (χ4v) is 0.885.